The topological polar surface area (TPSA) is 116 Å². The number of aliphatic hydroxyl groups excluding tert-OH is 2. The van der Waals surface area contributed by atoms with Crippen molar-refractivity contribution in [2.24, 2.45) is 29.4 Å². The van der Waals surface area contributed by atoms with Crippen molar-refractivity contribution in [3.63, 3.8) is 0 Å². The molecule has 2 aliphatic carbocycles. The van der Waals surface area contributed by atoms with Crippen molar-refractivity contribution in [3.8, 4) is 0 Å². The molecule has 8 heteroatoms. The molecule has 2 saturated heterocycles. The van der Waals surface area contributed by atoms with Gasteiger partial charge in [0.15, 0.2) is 0 Å². The lowest BCUT2D eigenvalue weighted by atomic mass is 9.72. The molecule has 2 heterocycles. The van der Waals surface area contributed by atoms with Gasteiger partial charge in [0.1, 0.15) is 6.61 Å². The number of likely N-dealkylation sites (tertiary alicyclic amines) is 2. The maximum absolute atomic E-state index is 13.2. The predicted molar refractivity (Wildman–Crippen MR) is 124 cm³/mol. The molecule has 2 amide bonds. The predicted octanol–water partition coefficient (Wildman–Crippen LogP) is 1.13. The van der Waals surface area contributed by atoms with E-state index in [1.807, 2.05) is 0 Å². The molecule has 0 bridgehead atoms. The average molecular weight is 466 g/mol. The number of β-amino-alcohol motifs (C(OH)–C–C–N with tert-alkyl or cyclic N) is 2. The Morgan fingerprint density at radius 1 is 0.848 bits per heavy atom. The molecule has 33 heavy (non-hydrogen) atoms. The van der Waals surface area contributed by atoms with Gasteiger partial charge in [-0.25, -0.2) is 0 Å². The molecule has 6 atom stereocenters. The summed E-state index contributed by atoms with van der Waals surface area (Å²) < 4.78 is 5.88. The van der Waals surface area contributed by atoms with Gasteiger partial charge < -0.3 is 30.5 Å². The van der Waals surface area contributed by atoms with Gasteiger partial charge in [0, 0.05) is 32.1 Å². The zero-order valence-electron chi connectivity index (χ0n) is 19.9. The lowest BCUT2D eigenvalue weighted by molar-refractivity contribution is -0.143. The Labute approximate surface area is 197 Å². The molecule has 8 nitrogen and oxygen atoms in total. The Hall–Kier alpha value is -1.22. The van der Waals surface area contributed by atoms with Crippen LogP contribution in [0.15, 0.2) is 0 Å². The van der Waals surface area contributed by atoms with E-state index in [9.17, 15) is 19.8 Å². The second kappa shape index (κ2) is 11.5. The maximum Gasteiger partial charge on any atom is 0.248 e. The van der Waals surface area contributed by atoms with Crippen LogP contribution in [0.3, 0.4) is 0 Å². The van der Waals surface area contributed by atoms with Crippen molar-refractivity contribution in [1.82, 2.24) is 9.80 Å². The third-order valence-corrected chi connectivity index (χ3v) is 8.70. The van der Waals surface area contributed by atoms with Crippen molar-refractivity contribution in [3.05, 3.63) is 0 Å². The van der Waals surface area contributed by atoms with Crippen molar-refractivity contribution >= 4 is 11.8 Å². The van der Waals surface area contributed by atoms with Crippen molar-refractivity contribution in [2.45, 2.75) is 82.5 Å². The Morgan fingerprint density at radius 3 is 2.24 bits per heavy atom. The third-order valence-electron chi connectivity index (χ3n) is 8.70. The highest BCUT2D eigenvalue weighted by Crippen LogP contribution is 2.38. The summed E-state index contributed by atoms with van der Waals surface area (Å²) in [7, 11) is 0. The average Bonchev–Trinajstić information content (AvgIpc) is 3.20. The van der Waals surface area contributed by atoms with Crippen molar-refractivity contribution in [2.75, 3.05) is 39.3 Å². The van der Waals surface area contributed by atoms with Gasteiger partial charge in [-0.2, -0.15) is 0 Å². The van der Waals surface area contributed by atoms with E-state index < -0.39 is 12.2 Å². The molecule has 4 aliphatic rings. The van der Waals surface area contributed by atoms with Gasteiger partial charge in [0.05, 0.1) is 18.3 Å². The molecular formula is C25H43N3O5. The minimum atomic E-state index is -0.880. The number of ether oxygens (including phenoxy) is 1. The SMILES string of the molecule is NCC1CCCC(C2CCN(C(=O)C3CCCC(OCC(=O)N4C[C@@H](O)[C@@H](O)C4)C3)CC2)C1. The smallest absolute Gasteiger partial charge is 0.248 e. The Morgan fingerprint density at radius 2 is 1.55 bits per heavy atom. The first kappa shape index (κ1) is 24.9. The van der Waals surface area contributed by atoms with Gasteiger partial charge in [-0.3, -0.25) is 9.59 Å². The largest absolute Gasteiger partial charge is 0.388 e. The number of nitrogens with two attached hydrogens (primary N) is 1. The quantitative estimate of drug-likeness (QED) is 0.542. The Bertz CT molecular complexity index is 658. The first-order chi connectivity index (χ1) is 15.9. The van der Waals surface area contributed by atoms with Crippen LogP contribution in [-0.4, -0.2) is 89.5 Å². The summed E-state index contributed by atoms with van der Waals surface area (Å²) in [5.41, 5.74) is 5.93. The van der Waals surface area contributed by atoms with Gasteiger partial charge in [-0.05, 0) is 69.2 Å². The zero-order valence-corrected chi connectivity index (χ0v) is 19.9. The van der Waals surface area contributed by atoms with Crippen LogP contribution >= 0.6 is 0 Å². The van der Waals surface area contributed by atoms with Gasteiger partial charge >= 0.3 is 0 Å². The summed E-state index contributed by atoms with van der Waals surface area (Å²) in [5.74, 6) is 2.26. The highest BCUT2D eigenvalue weighted by atomic mass is 16.5. The summed E-state index contributed by atoms with van der Waals surface area (Å²) in [4.78, 5) is 29.1. The Kier molecular flexibility index (Phi) is 8.65. The van der Waals surface area contributed by atoms with Crippen LogP contribution in [0.5, 0.6) is 0 Å². The monoisotopic (exact) mass is 465 g/mol. The number of rotatable bonds is 6. The molecule has 0 aromatic rings. The van der Waals surface area contributed by atoms with Crippen LogP contribution in [0.4, 0.5) is 0 Å². The fourth-order valence-corrected chi connectivity index (χ4v) is 6.60. The highest BCUT2D eigenvalue weighted by Gasteiger charge is 2.36. The number of amides is 2. The molecule has 188 valence electrons. The summed E-state index contributed by atoms with van der Waals surface area (Å²) in [6, 6.07) is 0. The van der Waals surface area contributed by atoms with Crippen LogP contribution in [0.2, 0.25) is 0 Å². The second-order valence-electron chi connectivity index (χ2n) is 10.9. The first-order valence-corrected chi connectivity index (χ1v) is 13.2. The molecule has 0 radical (unpaired) electrons. The molecule has 2 aliphatic heterocycles. The van der Waals surface area contributed by atoms with Gasteiger partial charge in [0.25, 0.3) is 0 Å². The van der Waals surface area contributed by atoms with Crippen molar-refractivity contribution < 1.29 is 24.5 Å². The molecule has 0 aromatic heterocycles. The van der Waals surface area contributed by atoms with Crippen LogP contribution in [0, 0.1) is 23.7 Å². The number of aliphatic hydroxyl groups is 2. The Balaban J connectivity index is 1.19. The fraction of sp³-hybridized carbons (Fsp3) is 0.920. The fourth-order valence-electron chi connectivity index (χ4n) is 6.60. The number of piperidine rings is 1. The van der Waals surface area contributed by atoms with E-state index in [0.29, 0.717) is 12.3 Å². The molecule has 4 fully saturated rings. The molecule has 2 saturated carbocycles. The lowest BCUT2D eigenvalue weighted by Gasteiger charge is -2.41. The summed E-state index contributed by atoms with van der Waals surface area (Å²) in [6.45, 7) is 2.80. The summed E-state index contributed by atoms with van der Waals surface area (Å²) >= 11 is 0. The minimum Gasteiger partial charge on any atom is -0.388 e. The summed E-state index contributed by atoms with van der Waals surface area (Å²) in [6.07, 6.45) is 8.95. The molecule has 4 unspecified atom stereocenters. The number of nitrogens with zero attached hydrogens (tertiary/aromatic N) is 2. The highest BCUT2D eigenvalue weighted by molar-refractivity contribution is 5.79. The van der Waals surface area contributed by atoms with Crippen molar-refractivity contribution in [1.29, 1.82) is 0 Å². The molecule has 4 N–H and O–H groups in total. The number of hydrogen-bond acceptors (Lipinski definition) is 6. The van der Waals surface area contributed by atoms with E-state index in [-0.39, 0.29) is 43.5 Å². The first-order valence-electron chi connectivity index (χ1n) is 13.2. The lowest BCUT2D eigenvalue weighted by Crippen LogP contribution is -2.45. The van der Waals surface area contributed by atoms with E-state index in [2.05, 4.69) is 4.90 Å². The third kappa shape index (κ3) is 6.27. The van der Waals surface area contributed by atoms with Crippen LogP contribution in [-0.2, 0) is 14.3 Å². The van der Waals surface area contributed by atoms with E-state index in [1.165, 1.54) is 30.6 Å². The summed E-state index contributed by atoms with van der Waals surface area (Å²) in [5, 5.41) is 19.3. The molecular weight excluding hydrogens is 422 g/mol. The van der Waals surface area contributed by atoms with E-state index in [1.54, 1.807) is 0 Å². The van der Waals surface area contributed by atoms with Crippen LogP contribution < -0.4 is 5.73 Å². The minimum absolute atomic E-state index is 0.0119. The van der Waals surface area contributed by atoms with Gasteiger partial charge in [0.2, 0.25) is 11.8 Å². The zero-order chi connectivity index (χ0) is 23.4. The molecule has 0 spiro atoms. The number of carbonyl (C=O) groups is 2. The van der Waals surface area contributed by atoms with E-state index >= 15 is 0 Å². The standard InChI is InChI=1S/C25H43N3O5/c26-13-17-3-1-4-19(11-17)18-7-9-27(10-8-18)25(32)20-5-2-6-21(12-20)33-16-24(31)28-14-22(29)23(30)15-28/h17-23,29-30H,1-16,26H2/t17?,19?,20?,21?,22-,23+. The molecule has 4 rings (SSSR count). The van der Waals surface area contributed by atoms with Gasteiger partial charge in [-0.15, -0.1) is 0 Å². The second-order valence-corrected chi connectivity index (χ2v) is 10.9. The van der Waals surface area contributed by atoms with E-state index in [0.717, 1.165) is 63.6 Å². The van der Waals surface area contributed by atoms with Crippen LogP contribution in [0.1, 0.15) is 64.2 Å². The van der Waals surface area contributed by atoms with Crippen LogP contribution in [0.25, 0.3) is 0 Å². The normalized spacial score (nSPS) is 36.2. The van der Waals surface area contributed by atoms with E-state index in [4.69, 9.17) is 10.5 Å². The number of hydrogen-bond donors (Lipinski definition) is 3. The van der Waals surface area contributed by atoms with Gasteiger partial charge in [-0.1, -0.05) is 19.3 Å². The molecule has 0 aromatic carbocycles. The maximum atomic E-state index is 13.2. The number of carbonyl (C=O) groups excluding carboxylic acids is 2.